The highest BCUT2D eigenvalue weighted by molar-refractivity contribution is 5.91. The number of urea groups is 1. The molecule has 138 valence electrons. The number of nitrogens with zero attached hydrogens (tertiary/aromatic N) is 1. The fraction of sp³-hybridized carbons (Fsp3) is 0.174. The van der Waals surface area contributed by atoms with E-state index in [0.717, 1.165) is 11.1 Å². The molecule has 3 aromatic carbocycles. The first-order valence-electron chi connectivity index (χ1n) is 9.12. The summed E-state index contributed by atoms with van der Waals surface area (Å²) >= 11 is 0. The van der Waals surface area contributed by atoms with Crippen molar-refractivity contribution in [2.24, 2.45) is 0 Å². The van der Waals surface area contributed by atoms with Crippen LogP contribution >= 0.6 is 0 Å². The number of carbonyl (C=O) groups is 1. The van der Waals surface area contributed by atoms with Gasteiger partial charge in [0.2, 0.25) is 0 Å². The lowest BCUT2D eigenvalue weighted by Crippen LogP contribution is -2.34. The van der Waals surface area contributed by atoms with Gasteiger partial charge in [-0.25, -0.2) is 4.79 Å². The van der Waals surface area contributed by atoms with E-state index >= 15 is 0 Å². The molecular formula is C23H24N2O2. The molecule has 0 aliphatic rings. The molecule has 0 aliphatic carbocycles. The first-order valence-corrected chi connectivity index (χ1v) is 9.12. The Kier molecular flexibility index (Phi) is 6.47. The molecule has 0 radical (unpaired) electrons. The van der Waals surface area contributed by atoms with Gasteiger partial charge in [0.05, 0.1) is 12.3 Å². The van der Waals surface area contributed by atoms with Crippen LogP contribution in [0.15, 0.2) is 84.9 Å². The summed E-state index contributed by atoms with van der Waals surface area (Å²) < 4.78 is 5.62. The van der Waals surface area contributed by atoms with E-state index in [-0.39, 0.29) is 6.03 Å². The smallest absolute Gasteiger partial charge is 0.322 e. The predicted molar refractivity (Wildman–Crippen MR) is 109 cm³/mol. The minimum atomic E-state index is -0.158. The fourth-order valence-electron chi connectivity index (χ4n) is 2.85. The molecule has 0 aromatic heterocycles. The molecule has 0 saturated heterocycles. The molecule has 0 aliphatic heterocycles. The number of ether oxygens (including phenoxy) is 1. The highest BCUT2D eigenvalue weighted by Gasteiger charge is 2.16. The van der Waals surface area contributed by atoms with Crippen LogP contribution in [0.4, 0.5) is 10.5 Å². The molecule has 2 amide bonds. The van der Waals surface area contributed by atoms with Crippen LogP contribution < -0.4 is 10.1 Å². The Morgan fingerprint density at radius 1 is 0.815 bits per heavy atom. The SMILES string of the molecule is CCOc1ccccc1NC(=O)N(Cc1ccccc1)Cc1ccccc1. The fourth-order valence-corrected chi connectivity index (χ4v) is 2.85. The third-order valence-corrected chi connectivity index (χ3v) is 4.15. The van der Waals surface area contributed by atoms with Gasteiger partial charge in [0.1, 0.15) is 5.75 Å². The number of hydrogen-bond acceptors (Lipinski definition) is 2. The van der Waals surface area contributed by atoms with Crippen molar-refractivity contribution in [3.8, 4) is 5.75 Å². The number of nitrogens with one attached hydrogen (secondary N) is 1. The van der Waals surface area contributed by atoms with Gasteiger partial charge in [0.25, 0.3) is 0 Å². The van der Waals surface area contributed by atoms with Gasteiger partial charge >= 0.3 is 6.03 Å². The maximum Gasteiger partial charge on any atom is 0.322 e. The minimum absolute atomic E-state index is 0.158. The van der Waals surface area contributed by atoms with Crippen LogP contribution in [-0.2, 0) is 13.1 Å². The van der Waals surface area contributed by atoms with Gasteiger partial charge in [-0.15, -0.1) is 0 Å². The predicted octanol–water partition coefficient (Wildman–Crippen LogP) is 5.32. The van der Waals surface area contributed by atoms with Crippen molar-refractivity contribution in [2.45, 2.75) is 20.0 Å². The number of para-hydroxylation sites is 2. The summed E-state index contributed by atoms with van der Waals surface area (Å²) in [4.78, 5) is 14.8. The standard InChI is InChI=1S/C23H24N2O2/c1-2-27-22-16-10-9-15-21(22)24-23(26)25(17-19-11-5-3-6-12-19)18-20-13-7-4-8-14-20/h3-16H,2,17-18H2,1H3,(H,24,26). The van der Waals surface area contributed by atoms with Crippen molar-refractivity contribution >= 4 is 11.7 Å². The van der Waals surface area contributed by atoms with E-state index in [9.17, 15) is 4.79 Å². The topological polar surface area (TPSA) is 41.6 Å². The van der Waals surface area contributed by atoms with E-state index in [4.69, 9.17) is 4.74 Å². The van der Waals surface area contributed by atoms with Crippen LogP contribution in [0.2, 0.25) is 0 Å². The number of anilines is 1. The van der Waals surface area contributed by atoms with Crippen molar-refractivity contribution in [3.63, 3.8) is 0 Å². The Hall–Kier alpha value is -3.27. The highest BCUT2D eigenvalue weighted by atomic mass is 16.5. The van der Waals surface area contributed by atoms with Crippen LogP contribution in [0.3, 0.4) is 0 Å². The zero-order valence-corrected chi connectivity index (χ0v) is 15.5. The van der Waals surface area contributed by atoms with Gasteiger partial charge in [-0.05, 0) is 30.2 Å². The Labute approximate surface area is 160 Å². The molecule has 0 heterocycles. The maximum atomic E-state index is 13.0. The average molecular weight is 360 g/mol. The summed E-state index contributed by atoms with van der Waals surface area (Å²) in [6, 6.07) is 27.3. The quantitative estimate of drug-likeness (QED) is 0.619. The lowest BCUT2D eigenvalue weighted by atomic mass is 10.2. The number of rotatable bonds is 7. The molecule has 4 nitrogen and oxygen atoms in total. The van der Waals surface area contributed by atoms with E-state index in [1.807, 2.05) is 91.9 Å². The normalized spacial score (nSPS) is 10.3. The van der Waals surface area contributed by atoms with E-state index in [1.54, 1.807) is 4.90 Å². The molecule has 0 atom stereocenters. The molecule has 27 heavy (non-hydrogen) atoms. The number of carbonyl (C=O) groups excluding carboxylic acids is 1. The lowest BCUT2D eigenvalue weighted by Gasteiger charge is -2.24. The summed E-state index contributed by atoms with van der Waals surface area (Å²) in [5, 5.41) is 3.00. The van der Waals surface area contributed by atoms with Crippen molar-refractivity contribution < 1.29 is 9.53 Å². The number of benzene rings is 3. The van der Waals surface area contributed by atoms with Gasteiger partial charge in [-0.3, -0.25) is 0 Å². The molecule has 3 rings (SSSR count). The monoisotopic (exact) mass is 360 g/mol. The van der Waals surface area contributed by atoms with Gasteiger partial charge in [-0.1, -0.05) is 72.8 Å². The van der Waals surface area contributed by atoms with Crippen molar-refractivity contribution in [1.82, 2.24) is 4.90 Å². The molecular weight excluding hydrogens is 336 g/mol. The highest BCUT2D eigenvalue weighted by Crippen LogP contribution is 2.24. The first kappa shape index (κ1) is 18.5. The van der Waals surface area contributed by atoms with Crippen LogP contribution in [-0.4, -0.2) is 17.5 Å². The molecule has 0 unspecified atom stereocenters. The van der Waals surface area contributed by atoms with Gasteiger partial charge in [-0.2, -0.15) is 0 Å². The molecule has 3 aromatic rings. The Balaban J connectivity index is 1.80. The van der Waals surface area contributed by atoms with Gasteiger partial charge < -0.3 is 15.0 Å². The molecule has 1 N–H and O–H groups in total. The average Bonchev–Trinajstić information content (AvgIpc) is 2.71. The van der Waals surface area contributed by atoms with E-state index < -0.39 is 0 Å². The largest absolute Gasteiger partial charge is 0.492 e. The van der Waals surface area contributed by atoms with E-state index in [2.05, 4.69) is 5.32 Å². The van der Waals surface area contributed by atoms with E-state index in [0.29, 0.717) is 31.1 Å². The second-order valence-corrected chi connectivity index (χ2v) is 6.19. The lowest BCUT2D eigenvalue weighted by molar-refractivity contribution is 0.206. The zero-order valence-electron chi connectivity index (χ0n) is 15.5. The van der Waals surface area contributed by atoms with E-state index in [1.165, 1.54) is 0 Å². The summed E-state index contributed by atoms with van der Waals surface area (Å²) in [5.74, 6) is 0.674. The Morgan fingerprint density at radius 3 is 1.89 bits per heavy atom. The molecule has 0 bridgehead atoms. The molecule has 0 spiro atoms. The maximum absolute atomic E-state index is 13.0. The van der Waals surface area contributed by atoms with Crippen LogP contribution in [0.5, 0.6) is 5.75 Å². The van der Waals surface area contributed by atoms with Crippen molar-refractivity contribution in [2.75, 3.05) is 11.9 Å². The summed E-state index contributed by atoms with van der Waals surface area (Å²) in [5.41, 5.74) is 2.85. The van der Waals surface area contributed by atoms with Crippen LogP contribution in [0, 0.1) is 0 Å². The second kappa shape index (κ2) is 9.43. The van der Waals surface area contributed by atoms with Crippen molar-refractivity contribution in [3.05, 3.63) is 96.1 Å². The summed E-state index contributed by atoms with van der Waals surface area (Å²) in [7, 11) is 0. The third kappa shape index (κ3) is 5.35. The second-order valence-electron chi connectivity index (χ2n) is 6.19. The molecule has 4 heteroatoms. The van der Waals surface area contributed by atoms with Crippen molar-refractivity contribution in [1.29, 1.82) is 0 Å². The van der Waals surface area contributed by atoms with Gasteiger partial charge in [0, 0.05) is 13.1 Å². The van der Waals surface area contributed by atoms with Crippen LogP contribution in [0.1, 0.15) is 18.1 Å². The Bertz CT molecular complexity index is 809. The summed E-state index contributed by atoms with van der Waals surface area (Å²) in [6.07, 6.45) is 0. The van der Waals surface area contributed by atoms with Gasteiger partial charge in [0.15, 0.2) is 0 Å². The first-order chi connectivity index (χ1) is 13.3. The van der Waals surface area contributed by atoms with Crippen LogP contribution in [0.25, 0.3) is 0 Å². The Morgan fingerprint density at radius 2 is 1.33 bits per heavy atom. The third-order valence-electron chi connectivity index (χ3n) is 4.15. The molecule has 0 saturated carbocycles. The number of amides is 2. The number of hydrogen-bond donors (Lipinski definition) is 1. The summed E-state index contributed by atoms with van der Waals surface area (Å²) in [6.45, 7) is 3.52. The minimum Gasteiger partial charge on any atom is -0.492 e. The molecule has 0 fully saturated rings. The zero-order chi connectivity index (χ0) is 18.9.